The molecule has 154 valence electrons. The van der Waals surface area contributed by atoms with Crippen LogP contribution in [0.3, 0.4) is 0 Å². The van der Waals surface area contributed by atoms with Crippen LogP contribution in [0.25, 0.3) is 0 Å². The van der Waals surface area contributed by atoms with E-state index in [2.05, 4.69) is 21.3 Å². The van der Waals surface area contributed by atoms with E-state index in [0.717, 1.165) is 25.5 Å². The van der Waals surface area contributed by atoms with Crippen molar-refractivity contribution in [1.82, 2.24) is 14.5 Å². The zero-order chi connectivity index (χ0) is 18.7. The maximum Gasteiger partial charge on any atom is 0.216 e. The first-order valence-electron chi connectivity index (χ1n) is 9.14. The number of halogens is 1. The number of hydrogen-bond donors (Lipinski definition) is 1. The van der Waals surface area contributed by atoms with Crippen LogP contribution in [0, 0.1) is 0 Å². The summed E-state index contributed by atoms with van der Waals surface area (Å²) in [6.07, 6.45) is 5.08. The molecule has 1 saturated heterocycles. The van der Waals surface area contributed by atoms with Crippen molar-refractivity contribution in [2.24, 2.45) is 4.99 Å². The van der Waals surface area contributed by atoms with Crippen molar-refractivity contribution in [2.45, 2.75) is 40.2 Å². The molecule has 0 atom stereocenters. The predicted molar refractivity (Wildman–Crippen MR) is 119 cm³/mol. The molecule has 0 aromatic carbocycles. The zero-order valence-electron chi connectivity index (χ0n) is 16.5. The van der Waals surface area contributed by atoms with Crippen LogP contribution in [-0.2, 0) is 14.8 Å². The zero-order valence-corrected chi connectivity index (χ0v) is 19.6. The average molecular weight is 502 g/mol. The van der Waals surface area contributed by atoms with Gasteiger partial charge in [-0.05, 0) is 34.1 Å². The number of aliphatic imine (C=N–C) groups is 1. The number of nitrogens with zero attached hydrogens (tertiary/aromatic N) is 3. The molecule has 7 nitrogen and oxygen atoms in total. The van der Waals surface area contributed by atoms with E-state index in [1.807, 2.05) is 33.8 Å². The number of rotatable bonds is 9. The van der Waals surface area contributed by atoms with Crippen molar-refractivity contribution in [1.29, 1.82) is 0 Å². The highest BCUT2D eigenvalue weighted by atomic mass is 127. The third kappa shape index (κ3) is 9.52. The first kappa shape index (κ1) is 25.6. The van der Waals surface area contributed by atoms with E-state index >= 15 is 0 Å². The number of piperazine rings is 1. The lowest BCUT2D eigenvalue weighted by atomic mass is 10.3. The van der Waals surface area contributed by atoms with Gasteiger partial charge in [0.15, 0.2) is 5.96 Å². The summed E-state index contributed by atoms with van der Waals surface area (Å²) < 4.78 is 31.7. The van der Waals surface area contributed by atoms with Crippen LogP contribution < -0.4 is 5.32 Å². The lowest BCUT2D eigenvalue weighted by molar-refractivity contribution is 0.0904. The summed E-state index contributed by atoms with van der Waals surface area (Å²) in [4.78, 5) is 6.76. The number of sulfonamides is 1. The Morgan fingerprint density at radius 2 is 1.92 bits per heavy atom. The minimum absolute atomic E-state index is 0. The molecule has 0 aromatic rings. The Hall–Kier alpha value is -0.390. The lowest BCUT2D eigenvalue weighted by Gasteiger charge is -2.35. The molecule has 1 N–H and O–H groups in total. The first-order chi connectivity index (χ1) is 11.9. The van der Waals surface area contributed by atoms with Gasteiger partial charge >= 0.3 is 0 Å². The fourth-order valence-corrected chi connectivity index (χ4v) is 3.82. The van der Waals surface area contributed by atoms with Crippen molar-refractivity contribution >= 4 is 40.0 Å². The van der Waals surface area contributed by atoms with Crippen molar-refractivity contribution in [3.05, 3.63) is 12.2 Å². The Morgan fingerprint density at radius 3 is 2.46 bits per heavy atom. The van der Waals surface area contributed by atoms with E-state index in [1.54, 1.807) is 4.31 Å². The molecule has 0 aliphatic carbocycles. The van der Waals surface area contributed by atoms with Gasteiger partial charge in [-0.2, -0.15) is 4.31 Å². The van der Waals surface area contributed by atoms with Crippen LogP contribution in [0.2, 0.25) is 0 Å². The summed E-state index contributed by atoms with van der Waals surface area (Å²) in [6, 6.07) is 0. The summed E-state index contributed by atoms with van der Waals surface area (Å²) in [7, 11) is -3.25. The van der Waals surface area contributed by atoms with Crippen LogP contribution in [0.1, 0.15) is 34.1 Å². The van der Waals surface area contributed by atoms with Gasteiger partial charge in [-0.3, -0.25) is 4.99 Å². The topological polar surface area (TPSA) is 74.2 Å². The van der Waals surface area contributed by atoms with Crippen molar-refractivity contribution in [2.75, 3.05) is 51.6 Å². The number of hydrogen-bond acceptors (Lipinski definition) is 4. The minimum Gasteiger partial charge on any atom is -0.378 e. The Balaban J connectivity index is 0.00000625. The van der Waals surface area contributed by atoms with Crippen LogP contribution in [0.5, 0.6) is 0 Å². The Labute approximate surface area is 176 Å². The van der Waals surface area contributed by atoms with Crippen LogP contribution in [0.4, 0.5) is 0 Å². The fourth-order valence-electron chi connectivity index (χ4n) is 2.53. The van der Waals surface area contributed by atoms with Crippen molar-refractivity contribution in [3.63, 3.8) is 0 Å². The molecule has 1 aliphatic rings. The molecule has 0 bridgehead atoms. The minimum atomic E-state index is -3.25. The Morgan fingerprint density at radius 1 is 1.27 bits per heavy atom. The van der Waals surface area contributed by atoms with E-state index in [-0.39, 0.29) is 42.4 Å². The molecular weight excluding hydrogens is 467 g/mol. The van der Waals surface area contributed by atoms with Crippen molar-refractivity contribution < 1.29 is 13.2 Å². The van der Waals surface area contributed by atoms with Gasteiger partial charge in [0.25, 0.3) is 0 Å². The van der Waals surface area contributed by atoms with Gasteiger partial charge in [-0.15, -0.1) is 24.0 Å². The second-order valence-electron chi connectivity index (χ2n) is 6.22. The number of ether oxygens (including phenoxy) is 1. The highest BCUT2D eigenvalue weighted by molar-refractivity contribution is 14.0. The van der Waals surface area contributed by atoms with E-state index in [0.29, 0.717) is 26.2 Å². The van der Waals surface area contributed by atoms with Crippen molar-refractivity contribution in [3.8, 4) is 0 Å². The molecule has 1 fully saturated rings. The maximum atomic E-state index is 12.4. The number of allylic oxidation sites excluding steroid dienone is 1. The van der Waals surface area contributed by atoms with E-state index in [4.69, 9.17) is 4.74 Å². The number of guanidine groups is 1. The van der Waals surface area contributed by atoms with E-state index in [1.165, 1.54) is 0 Å². The summed E-state index contributed by atoms with van der Waals surface area (Å²) in [5.41, 5.74) is 0. The highest BCUT2D eigenvalue weighted by Gasteiger charge is 2.27. The van der Waals surface area contributed by atoms with Gasteiger partial charge in [0, 0.05) is 39.3 Å². The number of nitrogens with one attached hydrogen (secondary N) is 1. The third-order valence-corrected chi connectivity index (χ3v) is 5.69. The SMILES string of the molecule is C/C=C/CCN=C(NCC)N1CCN(S(=O)(=O)CCOC(C)C)CC1.I. The Kier molecular flexibility index (Phi) is 13.5. The molecule has 0 aromatic heterocycles. The molecule has 0 unspecified atom stereocenters. The third-order valence-electron chi connectivity index (χ3n) is 3.85. The molecule has 0 saturated carbocycles. The summed E-state index contributed by atoms with van der Waals surface area (Å²) in [5.74, 6) is 0.912. The normalized spacial score (nSPS) is 17.0. The van der Waals surface area contributed by atoms with Crippen LogP contribution >= 0.6 is 24.0 Å². The molecular formula is C17H35IN4O3S. The molecule has 26 heavy (non-hydrogen) atoms. The van der Waals surface area contributed by atoms with E-state index < -0.39 is 10.0 Å². The quantitative estimate of drug-likeness (QED) is 0.172. The van der Waals surface area contributed by atoms with Crippen LogP contribution in [0.15, 0.2) is 17.1 Å². The standard InChI is InChI=1S/C17H34N4O3S.HI/c1-5-7-8-9-19-17(18-6-2)20-10-12-21(13-11-20)25(22,23)15-14-24-16(3)4;/h5,7,16H,6,8-15H2,1-4H3,(H,18,19);1H/b7-5+;. The molecule has 1 aliphatic heterocycles. The average Bonchev–Trinajstić information content (AvgIpc) is 2.57. The monoisotopic (exact) mass is 502 g/mol. The smallest absolute Gasteiger partial charge is 0.216 e. The van der Waals surface area contributed by atoms with Gasteiger partial charge in [0.05, 0.1) is 18.5 Å². The molecule has 1 rings (SSSR count). The van der Waals surface area contributed by atoms with Gasteiger partial charge < -0.3 is 15.0 Å². The molecule has 1 heterocycles. The summed E-state index contributed by atoms with van der Waals surface area (Å²) >= 11 is 0. The highest BCUT2D eigenvalue weighted by Crippen LogP contribution is 2.09. The molecule has 9 heteroatoms. The fraction of sp³-hybridized carbons (Fsp3) is 0.824. The second-order valence-corrected chi connectivity index (χ2v) is 8.30. The van der Waals surface area contributed by atoms with E-state index in [9.17, 15) is 8.42 Å². The summed E-state index contributed by atoms with van der Waals surface area (Å²) in [5, 5.41) is 3.29. The van der Waals surface area contributed by atoms with Gasteiger partial charge in [0.1, 0.15) is 0 Å². The first-order valence-corrected chi connectivity index (χ1v) is 10.8. The maximum absolute atomic E-state index is 12.4. The van der Waals surface area contributed by atoms with Gasteiger partial charge in [-0.1, -0.05) is 12.2 Å². The predicted octanol–water partition coefficient (Wildman–Crippen LogP) is 1.91. The second kappa shape index (κ2) is 13.7. The lowest BCUT2D eigenvalue weighted by Crippen LogP contribution is -2.54. The molecule has 0 radical (unpaired) electrons. The summed E-state index contributed by atoms with van der Waals surface area (Å²) in [6.45, 7) is 11.9. The van der Waals surface area contributed by atoms with Crippen LogP contribution in [-0.4, -0.2) is 81.3 Å². The van der Waals surface area contributed by atoms with Gasteiger partial charge in [-0.25, -0.2) is 8.42 Å². The molecule has 0 amide bonds. The Bertz CT molecular complexity index is 530. The molecule has 0 spiro atoms. The largest absolute Gasteiger partial charge is 0.378 e. The van der Waals surface area contributed by atoms with Gasteiger partial charge in [0.2, 0.25) is 10.0 Å².